The molecule has 1 saturated heterocycles. The zero-order valence-electron chi connectivity index (χ0n) is 32.2. The fraction of sp³-hybridized carbons (Fsp3) is 0.425. The molecule has 1 aliphatic heterocycles. The first kappa shape index (κ1) is 39.5. The highest BCUT2D eigenvalue weighted by Gasteiger charge is 2.64. The van der Waals surface area contributed by atoms with E-state index in [0.29, 0.717) is 49.5 Å². The number of phenols is 1. The van der Waals surface area contributed by atoms with Gasteiger partial charge in [0.2, 0.25) is 11.2 Å². The number of fused-ring (bicyclic) bond motifs is 4. The Morgan fingerprint density at radius 2 is 1.70 bits per heavy atom. The van der Waals surface area contributed by atoms with Gasteiger partial charge in [-0.15, -0.1) is 0 Å². The molecule has 17 heteroatoms. The van der Waals surface area contributed by atoms with E-state index in [1.807, 2.05) is 4.90 Å². The summed E-state index contributed by atoms with van der Waals surface area (Å²) in [5, 5.41) is 58.1. The lowest BCUT2D eigenvalue weighted by molar-refractivity contribution is -0.153. The molecular formula is C40H45FN6O10. The first-order valence-corrected chi connectivity index (χ1v) is 18.6. The van der Waals surface area contributed by atoms with Gasteiger partial charge in [-0.1, -0.05) is 0 Å². The molecule has 7 rings (SSSR count). The number of carboxylic acid groups (broad SMARTS) is 1. The molecule has 0 radical (unpaired) electrons. The van der Waals surface area contributed by atoms with Crippen molar-refractivity contribution in [3.63, 3.8) is 0 Å². The van der Waals surface area contributed by atoms with Crippen LogP contribution in [0.3, 0.4) is 0 Å². The fourth-order valence-corrected chi connectivity index (χ4v) is 9.10. The molecule has 1 aromatic heterocycles. The van der Waals surface area contributed by atoms with Crippen molar-refractivity contribution in [1.29, 1.82) is 0 Å². The lowest BCUT2D eigenvalue weighted by atomic mass is 9.57. The molecule has 302 valence electrons. The molecule has 1 saturated carbocycles. The van der Waals surface area contributed by atoms with Crippen LogP contribution in [0.5, 0.6) is 5.75 Å². The Hall–Kier alpha value is -5.78. The number of aromatic nitrogens is 1. The van der Waals surface area contributed by atoms with Crippen molar-refractivity contribution >= 4 is 51.5 Å². The van der Waals surface area contributed by atoms with Gasteiger partial charge in [0.25, 0.3) is 5.91 Å². The minimum absolute atomic E-state index is 0.000901. The van der Waals surface area contributed by atoms with Gasteiger partial charge < -0.3 is 45.2 Å². The van der Waals surface area contributed by atoms with E-state index in [1.54, 1.807) is 55.5 Å². The van der Waals surface area contributed by atoms with E-state index in [9.17, 15) is 49.5 Å². The van der Waals surface area contributed by atoms with E-state index in [1.165, 1.54) is 23.2 Å². The van der Waals surface area contributed by atoms with Crippen LogP contribution >= 0.6 is 0 Å². The third kappa shape index (κ3) is 6.11. The van der Waals surface area contributed by atoms with Gasteiger partial charge in [-0.2, -0.15) is 0 Å². The highest BCUT2D eigenvalue weighted by atomic mass is 19.1. The highest BCUT2D eigenvalue weighted by Crippen LogP contribution is 2.53. The standard InChI is InChI=1S/C40H45FN6O10/c1-6-46-17-22(39(55)56)33(49)21-15-24(41)27(16-26(21)46)47-11-9-45(10-12-47)18-42-38(54)31-35(51)32(44(4)5)23-14-19-13-20-25(43(2)3)7-8-28(48)30(20)34(50)29(19)36(52)40(23,57)37(31)53/h7-8,15-17,19,23,32,48,50,53,57H,6,9-14,18H2,1-5H3,(H,42,54)(H,55,56)/t19-,23-,32-,40-/m0/s1. The average molecular weight is 789 g/mol. The Morgan fingerprint density at radius 3 is 2.32 bits per heavy atom. The summed E-state index contributed by atoms with van der Waals surface area (Å²) in [5.41, 5.74) is -3.02. The first-order chi connectivity index (χ1) is 26.9. The first-order valence-electron chi connectivity index (χ1n) is 18.6. The van der Waals surface area contributed by atoms with E-state index < -0.39 is 80.8 Å². The predicted octanol–water partition coefficient (Wildman–Crippen LogP) is 1.61. The number of benzene rings is 2. The third-order valence-corrected chi connectivity index (χ3v) is 11.9. The van der Waals surface area contributed by atoms with Crippen LogP contribution < -0.4 is 20.5 Å². The number of amides is 1. The number of rotatable bonds is 8. The van der Waals surface area contributed by atoms with Gasteiger partial charge in [0.15, 0.2) is 11.4 Å². The summed E-state index contributed by atoms with van der Waals surface area (Å²) in [7, 11) is 6.73. The topological polar surface area (TPSA) is 216 Å². The van der Waals surface area contributed by atoms with Crippen LogP contribution in [0.15, 0.2) is 52.2 Å². The largest absolute Gasteiger partial charge is 0.508 e. The van der Waals surface area contributed by atoms with E-state index in [-0.39, 0.29) is 47.5 Å². The maximum absolute atomic E-state index is 15.4. The van der Waals surface area contributed by atoms with Crippen LogP contribution in [0.4, 0.5) is 15.8 Å². The molecule has 3 aliphatic carbocycles. The third-order valence-electron chi connectivity index (χ3n) is 11.9. The number of Topliss-reactive ketones (excluding diaryl/α,β-unsaturated/α-hetero) is 2. The molecule has 2 aromatic carbocycles. The van der Waals surface area contributed by atoms with Crippen LogP contribution in [0.25, 0.3) is 16.7 Å². The molecule has 0 spiro atoms. The zero-order valence-corrected chi connectivity index (χ0v) is 32.2. The second-order valence-electron chi connectivity index (χ2n) is 15.5. The lowest BCUT2D eigenvalue weighted by Gasteiger charge is -2.50. The number of hydrogen-bond acceptors (Lipinski definition) is 13. The number of hydrogen-bond donors (Lipinski definition) is 6. The zero-order chi connectivity index (χ0) is 41.4. The molecule has 1 amide bonds. The second kappa shape index (κ2) is 14.3. The number of ketones is 2. The SMILES string of the molecule is CCn1cc(C(=O)O)c(=O)c2cc(F)c(N3CCN(CNC(=O)C4=C(O)[C@@]5(O)C(=O)C6=C(O)c7c(O)ccc(N(C)C)c7C[C@H]6C[C@H]5[C@H](N(C)C)C4=O)CC3)cc21. The van der Waals surface area contributed by atoms with Crippen molar-refractivity contribution in [2.75, 3.05) is 70.8 Å². The smallest absolute Gasteiger partial charge is 0.341 e. The van der Waals surface area contributed by atoms with Crippen LogP contribution in [0.1, 0.15) is 34.8 Å². The number of likely N-dealkylation sites (N-methyl/N-ethyl adjacent to an activating group) is 1. The number of carboxylic acids is 1. The predicted molar refractivity (Wildman–Crippen MR) is 207 cm³/mol. The Bertz CT molecular complexity index is 2380. The number of carbonyl (C=O) groups is 4. The van der Waals surface area contributed by atoms with Gasteiger partial charge in [0, 0.05) is 75.6 Å². The summed E-state index contributed by atoms with van der Waals surface area (Å²) in [6.45, 7) is 3.23. The molecule has 2 heterocycles. The van der Waals surface area contributed by atoms with Gasteiger partial charge in [0.05, 0.1) is 29.5 Å². The molecule has 3 aromatic rings. The van der Waals surface area contributed by atoms with Crippen molar-refractivity contribution in [3.05, 3.63) is 80.1 Å². The van der Waals surface area contributed by atoms with Crippen molar-refractivity contribution in [2.45, 2.75) is 38.0 Å². The Balaban J connectivity index is 1.12. The van der Waals surface area contributed by atoms with Crippen LogP contribution in [0.2, 0.25) is 0 Å². The van der Waals surface area contributed by atoms with Gasteiger partial charge in [-0.25, -0.2) is 9.18 Å². The number of aliphatic hydroxyl groups excluding tert-OH is 2. The van der Waals surface area contributed by atoms with E-state index in [0.717, 1.165) is 6.07 Å². The quantitative estimate of drug-likeness (QED) is 0.179. The van der Waals surface area contributed by atoms with Gasteiger partial charge >= 0.3 is 5.97 Å². The number of phenolic OH excluding ortho intramolecular Hbond substituents is 1. The molecule has 16 nitrogen and oxygen atoms in total. The number of nitrogens with zero attached hydrogens (tertiary/aromatic N) is 5. The summed E-state index contributed by atoms with van der Waals surface area (Å²) >= 11 is 0. The van der Waals surface area contributed by atoms with Crippen molar-refractivity contribution in [3.8, 4) is 5.75 Å². The number of anilines is 2. The lowest BCUT2D eigenvalue weighted by Crippen LogP contribution is -2.66. The van der Waals surface area contributed by atoms with Crippen molar-refractivity contribution in [2.24, 2.45) is 11.8 Å². The Labute approximate surface area is 326 Å². The molecule has 57 heavy (non-hydrogen) atoms. The van der Waals surface area contributed by atoms with Gasteiger partial charge in [-0.05, 0) is 69.6 Å². The van der Waals surface area contributed by atoms with Crippen LogP contribution in [0, 0.1) is 17.7 Å². The summed E-state index contributed by atoms with van der Waals surface area (Å²) in [5.74, 6) is -8.72. The monoisotopic (exact) mass is 788 g/mol. The number of halogens is 1. The number of aryl methyl sites for hydroxylation is 1. The van der Waals surface area contributed by atoms with Gasteiger partial charge in [0.1, 0.15) is 34.2 Å². The fourth-order valence-electron chi connectivity index (χ4n) is 9.10. The maximum Gasteiger partial charge on any atom is 0.341 e. The van der Waals surface area contributed by atoms with E-state index >= 15 is 4.39 Å². The average Bonchev–Trinajstić information content (AvgIpc) is 3.15. The summed E-state index contributed by atoms with van der Waals surface area (Å²) in [6, 6.07) is 4.45. The van der Waals surface area contributed by atoms with Crippen molar-refractivity contribution < 1.29 is 49.1 Å². The molecule has 0 unspecified atom stereocenters. The normalized spacial score (nSPS) is 23.8. The molecule has 2 fully saturated rings. The number of aromatic carboxylic acids is 1. The summed E-state index contributed by atoms with van der Waals surface area (Å²) in [6.07, 6.45) is 1.44. The Morgan fingerprint density at radius 1 is 1.02 bits per heavy atom. The minimum atomic E-state index is -2.74. The maximum atomic E-state index is 15.4. The highest BCUT2D eigenvalue weighted by molar-refractivity contribution is 6.25. The molecule has 6 N–H and O–H groups in total. The van der Waals surface area contributed by atoms with E-state index in [4.69, 9.17) is 0 Å². The van der Waals surface area contributed by atoms with Crippen molar-refractivity contribution in [1.82, 2.24) is 19.7 Å². The van der Waals surface area contributed by atoms with E-state index in [2.05, 4.69) is 5.32 Å². The van der Waals surface area contributed by atoms with Crippen LogP contribution in [-0.4, -0.2) is 136 Å². The number of nitrogens with one attached hydrogen (secondary N) is 1. The molecule has 4 aliphatic rings. The number of piperazine rings is 1. The number of carbonyl (C=O) groups excluding carboxylic acids is 3. The second-order valence-corrected chi connectivity index (χ2v) is 15.5. The van der Waals surface area contributed by atoms with Crippen LogP contribution in [-0.2, 0) is 27.3 Å². The minimum Gasteiger partial charge on any atom is -0.508 e. The number of pyridine rings is 1. The number of aromatic hydroxyl groups is 1. The summed E-state index contributed by atoms with van der Waals surface area (Å²) < 4.78 is 17.0. The number of aliphatic hydroxyl groups is 3. The molecule has 0 bridgehead atoms. The molecular weight excluding hydrogens is 743 g/mol. The molecule has 4 atom stereocenters. The Kier molecular flexibility index (Phi) is 9.90. The van der Waals surface area contributed by atoms with Gasteiger partial charge in [-0.3, -0.25) is 29.0 Å². The summed E-state index contributed by atoms with van der Waals surface area (Å²) in [4.78, 5) is 73.5.